The van der Waals surface area contributed by atoms with Crippen molar-refractivity contribution in [2.45, 2.75) is 25.1 Å². The van der Waals surface area contributed by atoms with Crippen LogP contribution in [-0.2, 0) is 0 Å². The second-order valence-corrected chi connectivity index (χ2v) is 2.90. The van der Waals surface area contributed by atoms with Crippen LogP contribution < -0.4 is 0 Å². The van der Waals surface area contributed by atoms with Crippen LogP contribution in [0.25, 0.3) is 0 Å². The van der Waals surface area contributed by atoms with Gasteiger partial charge in [0.25, 0.3) is 0 Å². The molecule has 0 aliphatic carbocycles. The molecule has 2 unspecified atom stereocenters. The number of rotatable bonds is 3. The highest BCUT2D eigenvalue weighted by atomic mass is 35.5. The Morgan fingerprint density at radius 3 is 2.00 bits per heavy atom. The molecule has 48 valence electrons. The van der Waals surface area contributed by atoms with Crippen LogP contribution in [0.1, 0.15) is 19.8 Å². The summed E-state index contributed by atoms with van der Waals surface area (Å²) >= 11 is 5.58. The van der Waals surface area contributed by atoms with E-state index in [4.69, 9.17) is 11.6 Å². The van der Waals surface area contributed by atoms with Crippen molar-refractivity contribution in [3.05, 3.63) is 13.8 Å². The first-order valence-corrected chi connectivity index (χ1v) is 3.36. The normalized spacial score (nSPS) is 14.6. The maximum Gasteiger partial charge on any atom is 0.0336 e. The summed E-state index contributed by atoms with van der Waals surface area (Å²) in [5, 5.41) is 0.0687. The molecular formula is C7H13Cl. The van der Waals surface area contributed by atoms with Crippen molar-refractivity contribution in [1.82, 2.24) is 0 Å². The lowest BCUT2D eigenvalue weighted by Crippen LogP contribution is -1.95. The fourth-order valence-electron chi connectivity index (χ4n) is 0.465. The molecule has 8 heavy (non-hydrogen) atoms. The number of hydrogen-bond acceptors (Lipinski definition) is 0. The second kappa shape index (κ2) is 4.20. The molecule has 0 heterocycles. The SMILES string of the molecule is [CH2]C(C)CCC([CH2])Cl. The molecule has 0 aromatic heterocycles. The third-order valence-electron chi connectivity index (χ3n) is 0.973. The van der Waals surface area contributed by atoms with Gasteiger partial charge in [0.15, 0.2) is 0 Å². The van der Waals surface area contributed by atoms with Crippen molar-refractivity contribution >= 4 is 11.6 Å². The van der Waals surface area contributed by atoms with E-state index in [0.29, 0.717) is 5.92 Å². The van der Waals surface area contributed by atoms with Crippen molar-refractivity contribution in [3.8, 4) is 0 Å². The zero-order valence-corrected chi connectivity index (χ0v) is 6.12. The molecule has 0 spiro atoms. The van der Waals surface area contributed by atoms with Gasteiger partial charge in [-0.25, -0.2) is 0 Å². The Hall–Kier alpha value is 0.290. The fourth-order valence-corrected chi connectivity index (χ4v) is 0.591. The standard InChI is InChI=1S/C7H13Cl/c1-6(2)4-5-7(3)8/h6-7H,1,3-5H2,2H3. The van der Waals surface area contributed by atoms with E-state index in [2.05, 4.69) is 20.8 Å². The Kier molecular flexibility index (Phi) is 4.35. The number of hydrogen-bond donors (Lipinski definition) is 0. The minimum atomic E-state index is 0.0687. The lowest BCUT2D eigenvalue weighted by Gasteiger charge is -2.03. The van der Waals surface area contributed by atoms with Gasteiger partial charge in [0.1, 0.15) is 0 Å². The van der Waals surface area contributed by atoms with Gasteiger partial charge in [-0.05, 0) is 25.7 Å². The maximum atomic E-state index is 5.58. The van der Waals surface area contributed by atoms with Crippen molar-refractivity contribution in [3.63, 3.8) is 0 Å². The zero-order chi connectivity index (χ0) is 6.57. The maximum absolute atomic E-state index is 5.58. The molecule has 0 saturated carbocycles. The van der Waals surface area contributed by atoms with E-state index < -0.39 is 0 Å². The Balaban J connectivity index is 2.93. The number of halogens is 1. The molecule has 2 radical (unpaired) electrons. The average molecular weight is 133 g/mol. The Bertz CT molecular complexity index is 40.3. The molecule has 0 fully saturated rings. The second-order valence-electron chi connectivity index (χ2n) is 2.28. The van der Waals surface area contributed by atoms with Crippen LogP contribution in [0.15, 0.2) is 0 Å². The lowest BCUT2D eigenvalue weighted by atomic mass is 10.1. The minimum Gasteiger partial charge on any atom is -0.123 e. The van der Waals surface area contributed by atoms with Gasteiger partial charge in [-0.15, -0.1) is 11.6 Å². The van der Waals surface area contributed by atoms with Crippen LogP contribution >= 0.6 is 11.6 Å². The molecule has 0 nitrogen and oxygen atoms in total. The van der Waals surface area contributed by atoms with Crippen LogP contribution in [0, 0.1) is 19.8 Å². The highest BCUT2D eigenvalue weighted by Gasteiger charge is 1.97. The van der Waals surface area contributed by atoms with Gasteiger partial charge in [-0.3, -0.25) is 0 Å². The van der Waals surface area contributed by atoms with Crippen LogP contribution in [0.3, 0.4) is 0 Å². The Morgan fingerprint density at radius 2 is 1.88 bits per heavy atom. The summed E-state index contributed by atoms with van der Waals surface area (Å²) in [5.41, 5.74) is 0. The molecule has 1 heteroatoms. The predicted molar refractivity (Wildman–Crippen MR) is 38.8 cm³/mol. The molecule has 0 N–H and O–H groups in total. The summed E-state index contributed by atoms with van der Waals surface area (Å²) in [7, 11) is 0. The molecule has 2 atom stereocenters. The molecule has 0 amide bonds. The third kappa shape index (κ3) is 6.29. The minimum absolute atomic E-state index is 0.0687. The van der Waals surface area contributed by atoms with Gasteiger partial charge < -0.3 is 0 Å². The largest absolute Gasteiger partial charge is 0.123 e. The molecule has 0 aliphatic rings. The first kappa shape index (κ1) is 8.29. The van der Waals surface area contributed by atoms with E-state index in [-0.39, 0.29) is 5.38 Å². The lowest BCUT2D eigenvalue weighted by molar-refractivity contribution is 0.611. The van der Waals surface area contributed by atoms with Crippen molar-refractivity contribution < 1.29 is 0 Å². The predicted octanol–water partition coefficient (Wildman–Crippen LogP) is 2.68. The van der Waals surface area contributed by atoms with E-state index in [1.165, 1.54) is 0 Å². The van der Waals surface area contributed by atoms with E-state index in [1.807, 2.05) is 0 Å². The summed E-state index contributed by atoms with van der Waals surface area (Å²) in [5.74, 6) is 0.512. The number of alkyl halides is 1. The fraction of sp³-hybridized carbons (Fsp3) is 0.714. The highest BCUT2D eigenvalue weighted by molar-refractivity contribution is 6.21. The average Bonchev–Trinajstić information content (AvgIpc) is 1.61. The summed E-state index contributed by atoms with van der Waals surface area (Å²) in [4.78, 5) is 0. The summed E-state index contributed by atoms with van der Waals surface area (Å²) < 4.78 is 0. The van der Waals surface area contributed by atoms with E-state index in [9.17, 15) is 0 Å². The molecule has 0 rings (SSSR count). The van der Waals surface area contributed by atoms with Crippen molar-refractivity contribution in [2.24, 2.45) is 5.92 Å². The van der Waals surface area contributed by atoms with E-state index in [1.54, 1.807) is 0 Å². The van der Waals surface area contributed by atoms with Gasteiger partial charge in [-0.1, -0.05) is 13.8 Å². The van der Waals surface area contributed by atoms with Crippen LogP contribution in [0.5, 0.6) is 0 Å². The van der Waals surface area contributed by atoms with Crippen LogP contribution in [-0.4, -0.2) is 5.38 Å². The van der Waals surface area contributed by atoms with Crippen molar-refractivity contribution in [2.75, 3.05) is 0 Å². The topological polar surface area (TPSA) is 0 Å². The smallest absolute Gasteiger partial charge is 0.0336 e. The highest BCUT2D eigenvalue weighted by Crippen LogP contribution is 2.09. The first-order chi connectivity index (χ1) is 3.63. The van der Waals surface area contributed by atoms with Crippen molar-refractivity contribution in [1.29, 1.82) is 0 Å². The molecular weight excluding hydrogens is 120 g/mol. The van der Waals surface area contributed by atoms with Gasteiger partial charge in [0, 0.05) is 5.38 Å². The molecule has 0 aromatic rings. The molecule has 0 saturated heterocycles. The Morgan fingerprint density at radius 1 is 1.38 bits per heavy atom. The molecule has 0 aromatic carbocycles. The summed E-state index contributed by atoms with van der Waals surface area (Å²) in [6.07, 6.45) is 2.06. The zero-order valence-electron chi connectivity index (χ0n) is 5.36. The van der Waals surface area contributed by atoms with Crippen LogP contribution in [0.4, 0.5) is 0 Å². The van der Waals surface area contributed by atoms with E-state index >= 15 is 0 Å². The molecule has 0 aliphatic heterocycles. The monoisotopic (exact) mass is 132 g/mol. The van der Waals surface area contributed by atoms with Crippen LogP contribution in [0.2, 0.25) is 0 Å². The van der Waals surface area contributed by atoms with Gasteiger partial charge >= 0.3 is 0 Å². The molecule has 0 bridgehead atoms. The van der Waals surface area contributed by atoms with Gasteiger partial charge in [0.05, 0.1) is 0 Å². The van der Waals surface area contributed by atoms with Gasteiger partial charge in [-0.2, -0.15) is 0 Å². The quantitative estimate of drug-likeness (QED) is 0.518. The summed E-state index contributed by atoms with van der Waals surface area (Å²) in [6, 6.07) is 0. The first-order valence-electron chi connectivity index (χ1n) is 2.93. The summed E-state index contributed by atoms with van der Waals surface area (Å²) in [6.45, 7) is 9.55. The van der Waals surface area contributed by atoms with Gasteiger partial charge in [0.2, 0.25) is 0 Å². The van der Waals surface area contributed by atoms with E-state index in [0.717, 1.165) is 12.8 Å². The Labute approximate surface area is 57.2 Å². The third-order valence-corrected chi connectivity index (χ3v) is 1.19.